The molecule has 0 bridgehead atoms. The van der Waals surface area contributed by atoms with E-state index < -0.39 is 0 Å². The molecule has 1 aromatic heterocycles. The molecule has 2 nitrogen and oxygen atoms in total. The van der Waals surface area contributed by atoms with E-state index in [9.17, 15) is 0 Å². The molecule has 1 fully saturated rings. The highest BCUT2D eigenvalue weighted by atomic mass is 15.1. The van der Waals surface area contributed by atoms with Crippen molar-refractivity contribution >= 4 is 10.9 Å². The van der Waals surface area contributed by atoms with Crippen molar-refractivity contribution in [3.8, 4) is 0 Å². The van der Waals surface area contributed by atoms with Crippen molar-refractivity contribution in [3.63, 3.8) is 0 Å². The minimum Gasteiger partial charge on any atom is -0.278 e. The Hall–Kier alpha value is -1.31. The largest absolute Gasteiger partial charge is 0.278 e. The highest BCUT2D eigenvalue weighted by Crippen LogP contribution is 2.40. The number of hydrogen-bond acceptors (Lipinski definition) is 1. The van der Waals surface area contributed by atoms with Gasteiger partial charge in [0.2, 0.25) is 0 Å². The molecule has 1 N–H and O–H groups in total. The summed E-state index contributed by atoms with van der Waals surface area (Å²) in [6.07, 6.45) is 4.59. The minimum absolute atomic E-state index is 0. The highest BCUT2D eigenvalue weighted by molar-refractivity contribution is 5.78. The zero-order valence-electron chi connectivity index (χ0n) is 6.75. The molecular weight excluding hydrogens is 148 g/mol. The van der Waals surface area contributed by atoms with Crippen LogP contribution in [0.3, 0.4) is 0 Å². The summed E-state index contributed by atoms with van der Waals surface area (Å²) in [6, 6.07) is 6.59. The lowest BCUT2D eigenvalue weighted by atomic mass is 10.1. The normalized spacial score (nSPS) is 17.0. The quantitative estimate of drug-likeness (QED) is 0.682. The van der Waals surface area contributed by atoms with Gasteiger partial charge >= 0.3 is 0 Å². The van der Waals surface area contributed by atoms with Gasteiger partial charge in [-0.3, -0.25) is 5.10 Å². The fourth-order valence-corrected chi connectivity index (χ4v) is 1.63. The topological polar surface area (TPSA) is 28.7 Å². The number of nitrogens with zero attached hydrogens (tertiary/aromatic N) is 1. The van der Waals surface area contributed by atoms with E-state index in [-0.39, 0.29) is 1.43 Å². The van der Waals surface area contributed by atoms with Crippen molar-refractivity contribution in [1.29, 1.82) is 0 Å². The summed E-state index contributed by atoms with van der Waals surface area (Å²) >= 11 is 0. The standard InChI is InChI=1S/C10H10N2.H2/c1-2-7(1)8-3-4-9-6-11-12-10(9)5-8;/h3-7H,1-2H2,(H,11,12);1H. The van der Waals surface area contributed by atoms with Gasteiger partial charge in [-0.25, -0.2) is 0 Å². The van der Waals surface area contributed by atoms with Gasteiger partial charge < -0.3 is 0 Å². The van der Waals surface area contributed by atoms with Crippen molar-refractivity contribution in [2.45, 2.75) is 18.8 Å². The Morgan fingerprint density at radius 2 is 2.33 bits per heavy atom. The molecule has 1 aliphatic carbocycles. The molecule has 0 amide bonds. The van der Waals surface area contributed by atoms with Gasteiger partial charge in [0.25, 0.3) is 0 Å². The number of nitrogens with one attached hydrogen (secondary N) is 1. The SMILES string of the molecule is [HH].c1cc2cn[nH]c2cc1C1CC1. The van der Waals surface area contributed by atoms with E-state index >= 15 is 0 Å². The molecule has 2 aromatic rings. The van der Waals surface area contributed by atoms with E-state index in [1.807, 2.05) is 6.20 Å². The third-order valence-electron chi connectivity index (χ3n) is 2.51. The summed E-state index contributed by atoms with van der Waals surface area (Å²) in [7, 11) is 0. The molecule has 0 atom stereocenters. The van der Waals surface area contributed by atoms with Gasteiger partial charge in [0.05, 0.1) is 11.7 Å². The third kappa shape index (κ3) is 0.843. The molecule has 1 heterocycles. The molecular formula is C10H12N2. The Morgan fingerprint density at radius 3 is 3.17 bits per heavy atom. The Morgan fingerprint density at radius 1 is 1.42 bits per heavy atom. The van der Waals surface area contributed by atoms with E-state index in [0.29, 0.717) is 0 Å². The second kappa shape index (κ2) is 2.09. The van der Waals surface area contributed by atoms with Crippen molar-refractivity contribution < 1.29 is 1.43 Å². The van der Waals surface area contributed by atoms with Gasteiger partial charge in [-0.15, -0.1) is 0 Å². The lowest BCUT2D eigenvalue weighted by Gasteiger charge is -1.95. The van der Waals surface area contributed by atoms with Gasteiger partial charge in [-0.1, -0.05) is 12.1 Å². The summed E-state index contributed by atoms with van der Waals surface area (Å²) in [6.45, 7) is 0. The zero-order valence-corrected chi connectivity index (χ0v) is 6.75. The van der Waals surface area contributed by atoms with E-state index in [1.54, 1.807) is 0 Å². The van der Waals surface area contributed by atoms with Crippen LogP contribution in [0.25, 0.3) is 10.9 Å². The predicted octanol–water partition coefficient (Wildman–Crippen LogP) is 2.69. The van der Waals surface area contributed by atoms with Gasteiger partial charge in [-0.05, 0) is 30.4 Å². The molecule has 62 valence electrons. The maximum absolute atomic E-state index is 4.00. The van der Waals surface area contributed by atoms with Crippen LogP contribution >= 0.6 is 0 Å². The minimum atomic E-state index is 0. The van der Waals surface area contributed by atoms with E-state index in [1.165, 1.54) is 29.3 Å². The molecule has 3 rings (SSSR count). The first-order valence-electron chi connectivity index (χ1n) is 4.36. The average Bonchev–Trinajstić information content (AvgIpc) is 2.84. The number of aromatic amines is 1. The Kier molecular flexibility index (Phi) is 1.09. The van der Waals surface area contributed by atoms with Crippen LogP contribution in [0.1, 0.15) is 25.7 Å². The number of H-pyrrole nitrogens is 1. The first kappa shape index (κ1) is 6.23. The zero-order chi connectivity index (χ0) is 7.97. The van der Waals surface area contributed by atoms with Gasteiger partial charge in [-0.2, -0.15) is 5.10 Å². The van der Waals surface area contributed by atoms with Gasteiger partial charge in [0.15, 0.2) is 0 Å². The van der Waals surface area contributed by atoms with Crippen molar-refractivity contribution in [2.75, 3.05) is 0 Å². The van der Waals surface area contributed by atoms with E-state index in [2.05, 4.69) is 28.4 Å². The predicted molar refractivity (Wildman–Crippen MR) is 50.2 cm³/mol. The summed E-state index contributed by atoms with van der Waals surface area (Å²) in [5.41, 5.74) is 2.63. The third-order valence-corrected chi connectivity index (χ3v) is 2.51. The van der Waals surface area contributed by atoms with Crippen molar-refractivity contribution in [2.24, 2.45) is 0 Å². The van der Waals surface area contributed by atoms with Crippen LogP contribution in [-0.4, -0.2) is 10.2 Å². The summed E-state index contributed by atoms with van der Waals surface area (Å²) < 4.78 is 0. The monoisotopic (exact) mass is 160 g/mol. The van der Waals surface area contributed by atoms with Crippen LogP contribution in [0.4, 0.5) is 0 Å². The van der Waals surface area contributed by atoms with Gasteiger partial charge in [0, 0.05) is 6.81 Å². The maximum atomic E-state index is 4.00. The molecule has 1 aromatic carbocycles. The average molecular weight is 160 g/mol. The van der Waals surface area contributed by atoms with Crippen molar-refractivity contribution in [3.05, 3.63) is 30.0 Å². The van der Waals surface area contributed by atoms with E-state index in [0.717, 1.165) is 5.92 Å². The smallest absolute Gasteiger partial charge is 0.0653 e. The fraction of sp³-hybridized carbons (Fsp3) is 0.300. The molecule has 0 saturated heterocycles. The maximum Gasteiger partial charge on any atom is 0.0653 e. The summed E-state index contributed by atoms with van der Waals surface area (Å²) in [5.74, 6) is 0.831. The number of rotatable bonds is 1. The lowest BCUT2D eigenvalue weighted by molar-refractivity contribution is 1.11. The molecule has 1 aliphatic rings. The molecule has 0 unspecified atom stereocenters. The molecule has 0 aliphatic heterocycles. The molecule has 0 radical (unpaired) electrons. The summed E-state index contributed by atoms with van der Waals surface area (Å²) in [5, 5.41) is 8.20. The Bertz CT molecular complexity index is 418. The Balaban J connectivity index is 0.000000653. The summed E-state index contributed by atoms with van der Waals surface area (Å²) in [4.78, 5) is 0. The second-order valence-corrected chi connectivity index (χ2v) is 3.49. The van der Waals surface area contributed by atoms with Crippen LogP contribution in [-0.2, 0) is 0 Å². The molecule has 2 heteroatoms. The van der Waals surface area contributed by atoms with Crippen LogP contribution < -0.4 is 0 Å². The Labute approximate surface area is 72.1 Å². The number of aromatic nitrogens is 2. The molecule has 0 spiro atoms. The first-order valence-corrected chi connectivity index (χ1v) is 4.36. The van der Waals surface area contributed by atoms with Crippen molar-refractivity contribution in [1.82, 2.24) is 10.2 Å². The number of hydrogen-bond donors (Lipinski definition) is 1. The van der Waals surface area contributed by atoms with Crippen LogP contribution in [0.2, 0.25) is 0 Å². The molecule has 12 heavy (non-hydrogen) atoms. The number of benzene rings is 1. The van der Waals surface area contributed by atoms with Crippen LogP contribution in [0.15, 0.2) is 24.4 Å². The second-order valence-electron chi connectivity index (χ2n) is 3.49. The highest BCUT2D eigenvalue weighted by Gasteiger charge is 2.23. The van der Waals surface area contributed by atoms with E-state index in [4.69, 9.17) is 0 Å². The molecule has 1 saturated carbocycles. The fourth-order valence-electron chi connectivity index (χ4n) is 1.63. The lowest BCUT2D eigenvalue weighted by Crippen LogP contribution is -1.77. The van der Waals surface area contributed by atoms with Crippen LogP contribution in [0, 0.1) is 0 Å². The van der Waals surface area contributed by atoms with Gasteiger partial charge in [0.1, 0.15) is 0 Å². The number of fused-ring (bicyclic) bond motifs is 1. The van der Waals surface area contributed by atoms with Crippen LogP contribution in [0.5, 0.6) is 0 Å². The first-order chi connectivity index (χ1) is 5.93.